The largest absolute Gasteiger partial charge is 0.349 e. The zero-order chi connectivity index (χ0) is 27.4. The van der Waals surface area contributed by atoms with Crippen LogP contribution in [0, 0.1) is 0 Å². The second-order valence-corrected chi connectivity index (χ2v) is 12.3. The molecule has 1 aliphatic carbocycles. The number of nitrogens with one attached hydrogen (secondary N) is 2. The Hall–Kier alpha value is -3.52. The summed E-state index contributed by atoms with van der Waals surface area (Å²) < 4.78 is 29.7. The summed E-state index contributed by atoms with van der Waals surface area (Å²) >= 11 is 0. The van der Waals surface area contributed by atoms with Crippen LogP contribution >= 0.6 is 0 Å². The number of aryl methyl sites for hydroxylation is 1. The minimum Gasteiger partial charge on any atom is -0.349 e. The summed E-state index contributed by atoms with van der Waals surface area (Å²) in [5.74, 6) is -0.180. The molecule has 0 fully saturated rings. The van der Waals surface area contributed by atoms with Crippen molar-refractivity contribution in [2.24, 2.45) is 0 Å². The molecule has 1 amide bonds. The van der Waals surface area contributed by atoms with Gasteiger partial charge in [0.2, 0.25) is 15.9 Å². The molecule has 39 heavy (non-hydrogen) atoms. The van der Waals surface area contributed by atoms with Crippen LogP contribution < -0.4 is 10.0 Å². The number of nitrogens with zero attached hydrogens (tertiary/aromatic N) is 1. The lowest BCUT2D eigenvalue weighted by molar-refractivity contribution is -0.122. The molecule has 2 atom stereocenters. The molecule has 4 aromatic rings. The van der Waals surface area contributed by atoms with Crippen LogP contribution in [0.25, 0.3) is 10.8 Å². The molecule has 5 rings (SSSR count). The van der Waals surface area contributed by atoms with Gasteiger partial charge in [0.05, 0.1) is 17.0 Å². The molecule has 0 saturated carbocycles. The molecule has 6 nitrogen and oxygen atoms in total. The molecule has 202 valence electrons. The SMILES string of the molecule is CN(C)Cc1ccc2c(c1)CCCC2NC(=O)CC(NS(=O)(=O)c1ccc2ccccc2c1)c1ccccc1. The van der Waals surface area contributed by atoms with Gasteiger partial charge in [-0.25, -0.2) is 13.1 Å². The third-order valence-corrected chi connectivity index (χ3v) is 8.75. The van der Waals surface area contributed by atoms with Crippen molar-refractivity contribution in [1.82, 2.24) is 14.9 Å². The van der Waals surface area contributed by atoms with Gasteiger partial charge in [0, 0.05) is 13.0 Å². The smallest absolute Gasteiger partial charge is 0.241 e. The highest BCUT2D eigenvalue weighted by molar-refractivity contribution is 7.89. The fourth-order valence-corrected chi connectivity index (χ4v) is 6.68. The highest BCUT2D eigenvalue weighted by Crippen LogP contribution is 2.31. The van der Waals surface area contributed by atoms with Gasteiger partial charge in [0.25, 0.3) is 0 Å². The second-order valence-electron chi connectivity index (χ2n) is 10.6. The van der Waals surface area contributed by atoms with Gasteiger partial charge in [-0.2, -0.15) is 0 Å². The fourth-order valence-electron chi connectivity index (χ4n) is 5.42. The Kier molecular flexibility index (Phi) is 8.12. The average Bonchev–Trinajstić information content (AvgIpc) is 2.92. The Morgan fingerprint density at radius 3 is 2.44 bits per heavy atom. The van der Waals surface area contributed by atoms with Crippen molar-refractivity contribution < 1.29 is 13.2 Å². The van der Waals surface area contributed by atoms with E-state index in [-0.39, 0.29) is 23.3 Å². The van der Waals surface area contributed by atoms with Crippen molar-refractivity contribution in [2.45, 2.75) is 49.2 Å². The predicted octanol–water partition coefficient (Wildman–Crippen LogP) is 5.50. The summed E-state index contributed by atoms with van der Waals surface area (Å²) in [7, 11) is 0.236. The summed E-state index contributed by atoms with van der Waals surface area (Å²) in [6.45, 7) is 0.875. The predicted molar refractivity (Wildman–Crippen MR) is 156 cm³/mol. The Morgan fingerprint density at radius 1 is 0.923 bits per heavy atom. The first-order valence-electron chi connectivity index (χ1n) is 13.4. The number of amides is 1. The quantitative estimate of drug-likeness (QED) is 0.293. The van der Waals surface area contributed by atoms with Gasteiger partial charge in [-0.15, -0.1) is 0 Å². The fraction of sp³-hybridized carbons (Fsp3) is 0.281. The number of fused-ring (bicyclic) bond motifs is 2. The van der Waals surface area contributed by atoms with E-state index in [1.807, 2.05) is 54.6 Å². The highest BCUT2D eigenvalue weighted by Gasteiger charge is 2.27. The van der Waals surface area contributed by atoms with E-state index < -0.39 is 16.1 Å². The molecule has 0 aliphatic heterocycles. The molecule has 0 saturated heterocycles. The first-order valence-corrected chi connectivity index (χ1v) is 14.9. The minimum absolute atomic E-state index is 0.00136. The molecule has 0 spiro atoms. The molecule has 0 radical (unpaired) electrons. The van der Waals surface area contributed by atoms with E-state index >= 15 is 0 Å². The number of carbonyl (C=O) groups excluding carboxylic acids is 1. The third kappa shape index (κ3) is 6.56. The average molecular weight is 542 g/mol. The molecule has 0 aromatic heterocycles. The van der Waals surface area contributed by atoms with Gasteiger partial charge in [-0.05, 0) is 78.5 Å². The van der Waals surface area contributed by atoms with Crippen LogP contribution in [0.4, 0.5) is 0 Å². The van der Waals surface area contributed by atoms with Gasteiger partial charge in [0.15, 0.2) is 0 Å². The first kappa shape index (κ1) is 27.1. The first-order chi connectivity index (χ1) is 18.8. The number of hydrogen-bond acceptors (Lipinski definition) is 4. The molecule has 0 bridgehead atoms. The molecule has 4 aromatic carbocycles. The van der Waals surface area contributed by atoms with Crippen LogP contribution in [0.5, 0.6) is 0 Å². The molecular formula is C32H35N3O3S. The lowest BCUT2D eigenvalue weighted by Crippen LogP contribution is -2.36. The normalized spacial score (nSPS) is 16.1. The van der Waals surface area contributed by atoms with Crippen molar-refractivity contribution in [1.29, 1.82) is 0 Å². The zero-order valence-corrected chi connectivity index (χ0v) is 23.2. The molecule has 7 heteroatoms. The van der Waals surface area contributed by atoms with Crippen molar-refractivity contribution in [2.75, 3.05) is 14.1 Å². The summed E-state index contributed by atoms with van der Waals surface area (Å²) in [6.07, 6.45) is 2.87. The maximum absolute atomic E-state index is 13.5. The highest BCUT2D eigenvalue weighted by atomic mass is 32.2. The lowest BCUT2D eigenvalue weighted by Gasteiger charge is -2.28. The van der Waals surface area contributed by atoms with Crippen LogP contribution in [-0.2, 0) is 27.8 Å². The summed E-state index contributed by atoms with van der Waals surface area (Å²) in [5.41, 5.74) is 4.44. The van der Waals surface area contributed by atoms with Crippen LogP contribution in [-0.4, -0.2) is 33.3 Å². The van der Waals surface area contributed by atoms with Crippen molar-refractivity contribution in [3.63, 3.8) is 0 Å². The van der Waals surface area contributed by atoms with Gasteiger partial charge >= 0.3 is 0 Å². The number of benzene rings is 4. The third-order valence-electron chi connectivity index (χ3n) is 7.28. The number of carbonyl (C=O) groups is 1. The van der Waals surface area contributed by atoms with E-state index in [2.05, 4.69) is 47.2 Å². The maximum Gasteiger partial charge on any atom is 0.241 e. The van der Waals surface area contributed by atoms with E-state index in [9.17, 15) is 13.2 Å². The van der Waals surface area contributed by atoms with Gasteiger partial charge < -0.3 is 10.2 Å². The Labute approximate surface area is 231 Å². The molecule has 0 heterocycles. The Bertz CT molecular complexity index is 1570. The van der Waals surface area contributed by atoms with E-state index in [1.165, 1.54) is 11.1 Å². The Balaban J connectivity index is 1.35. The topological polar surface area (TPSA) is 78.5 Å². The number of rotatable bonds is 9. The number of sulfonamides is 1. The van der Waals surface area contributed by atoms with Gasteiger partial charge in [-0.1, -0.05) is 78.9 Å². The van der Waals surface area contributed by atoms with Crippen molar-refractivity contribution in [3.05, 3.63) is 113 Å². The van der Waals surface area contributed by atoms with Crippen LogP contribution in [0.15, 0.2) is 95.9 Å². The van der Waals surface area contributed by atoms with Crippen LogP contribution in [0.3, 0.4) is 0 Å². The standard InChI is InChI=1S/C32H35N3O3S/c1-35(2)22-23-15-18-29-27(19-23)13-8-14-30(29)33-32(36)21-31(25-10-4-3-5-11-25)34-39(37,38)28-17-16-24-9-6-7-12-26(24)20-28/h3-7,9-12,15-20,30-31,34H,8,13-14,21-22H2,1-2H3,(H,33,36). The lowest BCUT2D eigenvalue weighted by atomic mass is 9.86. The van der Waals surface area contributed by atoms with E-state index in [0.29, 0.717) is 0 Å². The zero-order valence-electron chi connectivity index (χ0n) is 22.4. The minimum atomic E-state index is -3.88. The second kappa shape index (κ2) is 11.7. The summed E-state index contributed by atoms with van der Waals surface area (Å²) in [4.78, 5) is 15.7. The summed E-state index contributed by atoms with van der Waals surface area (Å²) in [5, 5.41) is 5.02. The molecule has 2 unspecified atom stereocenters. The van der Waals surface area contributed by atoms with E-state index in [4.69, 9.17) is 0 Å². The van der Waals surface area contributed by atoms with Gasteiger partial charge in [0.1, 0.15) is 0 Å². The molecule has 1 aliphatic rings. The summed E-state index contributed by atoms with van der Waals surface area (Å²) in [6, 6.07) is 27.7. The van der Waals surface area contributed by atoms with E-state index in [1.54, 1.807) is 18.2 Å². The van der Waals surface area contributed by atoms with Crippen LogP contribution in [0.1, 0.15) is 53.6 Å². The van der Waals surface area contributed by atoms with E-state index in [0.717, 1.165) is 47.7 Å². The maximum atomic E-state index is 13.5. The monoisotopic (exact) mass is 541 g/mol. The molecule has 2 N–H and O–H groups in total. The number of hydrogen-bond donors (Lipinski definition) is 2. The van der Waals surface area contributed by atoms with Crippen molar-refractivity contribution >= 4 is 26.7 Å². The van der Waals surface area contributed by atoms with Gasteiger partial charge in [-0.3, -0.25) is 4.79 Å². The Morgan fingerprint density at radius 2 is 1.67 bits per heavy atom. The van der Waals surface area contributed by atoms with Crippen molar-refractivity contribution in [3.8, 4) is 0 Å². The van der Waals surface area contributed by atoms with Crippen LogP contribution in [0.2, 0.25) is 0 Å². The molecular weight excluding hydrogens is 506 g/mol.